The first-order valence-electron chi connectivity index (χ1n) is 9.19. The van der Waals surface area contributed by atoms with Crippen molar-refractivity contribution < 1.29 is 9.47 Å². The summed E-state index contributed by atoms with van der Waals surface area (Å²) in [4.78, 5) is 4.91. The summed E-state index contributed by atoms with van der Waals surface area (Å²) in [7, 11) is 0. The Bertz CT molecular complexity index is 914. The van der Waals surface area contributed by atoms with Crippen LogP contribution < -0.4 is 9.47 Å². The maximum absolute atomic E-state index is 5.75. The van der Waals surface area contributed by atoms with Gasteiger partial charge in [0.1, 0.15) is 19.3 Å². The molecule has 2 aliphatic rings. The SMILES string of the molecule is CC[C@@H](c1nc(C2CC2)nn1-c1ccc2c(c1)OCCO2)n1cccn1. The number of benzene rings is 1. The van der Waals surface area contributed by atoms with Gasteiger partial charge in [0.15, 0.2) is 23.1 Å². The summed E-state index contributed by atoms with van der Waals surface area (Å²) >= 11 is 0. The molecule has 1 fully saturated rings. The summed E-state index contributed by atoms with van der Waals surface area (Å²) in [6.45, 7) is 3.30. The number of hydrogen-bond acceptors (Lipinski definition) is 5. The highest BCUT2D eigenvalue weighted by atomic mass is 16.6. The van der Waals surface area contributed by atoms with Crippen molar-refractivity contribution in [3.8, 4) is 17.2 Å². The Morgan fingerprint density at radius 2 is 2.04 bits per heavy atom. The molecule has 1 aromatic carbocycles. The maximum atomic E-state index is 5.75. The number of aromatic nitrogens is 5. The van der Waals surface area contributed by atoms with Gasteiger partial charge in [-0.3, -0.25) is 4.68 Å². The van der Waals surface area contributed by atoms with Crippen LogP contribution in [0.25, 0.3) is 5.69 Å². The van der Waals surface area contributed by atoms with Gasteiger partial charge in [0.25, 0.3) is 0 Å². The Kier molecular flexibility index (Phi) is 3.65. The highest BCUT2D eigenvalue weighted by molar-refractivity contribution is 5.49. The average Bonchev–Trinajstić information content (AvgIpc) is 3.22. The summed E-state index contributed by atoms with van der Waals surface area (Å²) in [5, 5.41) is 9.27. The van der Waals surface area contributed by atoms with Gasteiger partial charge < -0.3 is 9.47 Å². The summed E-state index contributed by atoms with van der Waals surface area (Å²) in [6, 6.07) is 7.92. The van der Waals surface area contributed by atoms with Gasteiger partial charge in [-0.25, -0.2) is 9.67 Å². The Hall–Kier alpha value is -2.83. The smallest absolute Gasteiger partial charge is 0.163 e. The van der Waals surface area contributed by atoms with Crippen LogP contribution in [-0.4, -0.2) is 37.8 Å². The molecule has 5 rings (SSSR count). The van der Waals surface area contributed by atoms with E-state index in [-0.39, 0.29) is 6.04 Å². The standard InChI is InChI=1S/C19H21N5O2/c1-2-15(23-9-3-8-20-23)19-21-18(13-4-5-13)22-24(19)14-6-7-16-17(12-14)26-11-10-25-16/h3,6-9,12-13,15H,2,4-5,10-11H2,1H3/t15-/m0/s1. The van der Waals surface area contributed by atoms with E-state index in [9.17, 15) is 0 Å². The topological polar surface area (TPSA) is 67.0 Å². The first-order chi connectivity index (χ1) is 12.8. The lowest BCUT2D eigenvalue weighted by Crippen LogP contribution is -2.17. The molecule has 7 nitrogen and oxygen atoms in total. The van der Waals surface area contributed by atoms with Crippen molar-refractivity contribution in [1.82, 2.24) is 24.5 Å². The molecule has 1 saturated carbocycles. The third-order valence-electron chi connectivity index (χ3n) is 4.89. The highest BCUT2D eigenvalue weighted by Crippen LogP contribution is 2.40. The molecule has 0 N–H and O–H groups in total. The number of ether oxygens (including phenoxy) is 2. The first-order valence-corrected chi connectivity index (χ1v) is 9.19. The van der Waals surface area contributed by atoms with Gasteiger partial charge in [-0.05, 0) is 37.5 Å². The van der Waals surface area contributed by atoms with E-state index in [4.69, 9.17) is 19.6 Å². The molecule has 0 bridgehead atoms. The molecule has 0 unspecified atom stereocenters. The van der Waals surface area contributed by atoms with Gasteiger partial charge in [-0.1, -0.05) is 6.92 Å². The predicted octanol–water partition coefficient (Wildman–Crippen LogP) is 3.11. The Labute approximate surface area is 151 Å². The molecule has 134 valence electrons. The van der Waals surface area contributed by atoms with Crippen molar-refractivity contribution >= 4 is 0 Å². The zero-order valence-electron chi connectivity index (χ0n) is 14.7. The minimum atomic E-state index is 0.0400. The lowest BCUT2D eigenvalue weighted by atomic mass is 10.2. The fraction of sp³-hybridized carbons (Fsp3) is 0.421. The lowest BCUT2D eigenvalue weighted by Gasteiger charge is -2.20. The van der Waals surface area contributed by atoms with Gasteiger partial charge in [0.2, 0.25) is 0 Å². The average molecular weight is 351 g/mol. The van der Waals surface area contributed by atoms with Crippen molar-refractivity contribution in [2.75, 3.05) is 13.2 Å². The molecule has 7 heteroatoms. The van der Waals surface area contributed by atoms with Crippen LogP contribution in [0.3, 0.4) is 0 Å². The Morgan fingerprint density at radius 1 is 1.19 bits per heavy atom. The van der Waals surface area contributed by atoms with Gasteiger partial charge in [-0.2, -0.15) is 10.2 Å². The Morgan fingerprint density at radius 3 is 2.77 bits per heavy atom. The van der Waals surface area contributed by atoms with Crippen LogP contribution in [0.15, 0.2) is 36.7 Å². The molecule has 3 heterocycles. The van der Waals surface area contributed by atoms with E-state index >= 15 is 0 Å². The Balaban J connectivity index is 1.61. The maximum Gasteiger partial charge on any atom is 0.163 e. The van der Waals surface area contributed by atoms with Gasteiger partial charge in [0, 0.05) is 24.4 Å². The molecule has 0 saturated heterocycles. The third kappa shape index (κ3) is 2.64. The fourth-order valence-corrected chi connectivity index (χ4v) is 3.38. The molecule has 3 aromatic rings. The van der Waals surface area contributed by atoms with Crippen molar-refractivity contribution in [2.45, 2.75) is 38.1 Å². The van der Waals surface area contributed by atoms with Gasteiger partial charge >= 0.3 is 0 Å². The zero-order valence-corrected chi connectivity index (χ0v) is 14.7. The van der Waals surface area contributed by atoms with E-state index in [1.807, 2.05) is 39.8 Å². The molecule has 26 heavy (non-hydrogen) atoms. The van der Waals surface area contributed by atoms with E-state index in [1.165, 1.54) is 12.8 Å². The normalized spacial score (nSPS) is 17.3. The largest absolute Gasteiger partial charge is 0.486 e. The minimum Gasteiger partial charge on any atom is -0.486 e. The number of fused-ring (bicyclic) bond motifs is 1. The van der Waals surface area contributed by atoms with Crippen molar-refractivity contribution in [1.29, 1.82) is 0 Å². The number of nitrogens with zero attached hydrogens (tertiary/aromatic N) is 5. The monoisotopic (exact) mass is 351 g/mol. The van der Waals surface area contributed by atoms with Crippen molar-refractivity contribution in [3.63, 3.8) is 0 Å². The van der Waals surface area contributed by atoms with Crippen LogP contribution in [-0.2, 0) is 0 Å². The first kappa shape index (κ1) is 15.4. The fourth-order valence-electron chi connectivity index (χ4n) is 3.38. The van der Waals surface area contributed by atoms with E-state index in [2.05, 4.69) is 12.0 Å². The van der Waals surface area contributed by atoms with E-state index in [0.29, 0.717) is 19.1 Å². The molecular weight excluding hydrogens is 330 g/mol. The van der Waals surface area contributed by atoms with Gasteiger partial charge in [-0.15, -0.1) is 0 Å². The van der Waals surface area contributed by atoms with Crippen molar-refractivity contribution in [3.05, 3.63) is 48.3 Å². The summed E-state index contributed by atoms with van der Waals surface area (Å²) in [6.07, 6.45) is 7.00. The highest BCUT2D eigenvalue weighted by Gasteiger charge is 2.31. The van der Waals surface area contributed by atoms with Crippen LogP contribution in [0.2, 0.25) is 0 Å². The summed E-state index contributed by atoms with van der Waals surface area (Å²) in [5.74, 6) is 3.87. The second-order valence-electron chi connectivity index (χ2n) is 6.75. The van der Waals surface area contributed by atoms with Crippen molar-refractivity contribution in [2.24, 2.45) is 0 Å². The predicted molar refractivity (Wildman–Crippen MR) is 95.0 cm³/mol. The molecule has 0 radical (unpaired) electrons. The molecule has 1 aliphatic carbocycles. The third-order valence-corrected chi connectivity index (χ3v) is 4.89. The second-order valence-corrected chi connectivity index (χ2v) is 6.75. The van der Waals surface area contributed by atoms with E-state index in [0.717, 1.165) is 35.3 Å². The minimum absolute atomic E-state index is 0.0400. The van der Waals surface area contributed by atoms with Crippen LogP contribution in [0.4, 0.5) is 0 Å². The van der Waals surface area contributed by atoms with E-state index < -0.39 is 0 Å². The molecule has 0 spiro atoms. The molecule has 1 atom stereocenters. The molecule has 1 aliphatic heterocycles. The molecule has 2 aromatic heterocycles. The van der Waals surface area contributed by atoms with E-state index in [1.54, 1.807) is 6.20 Å². The zero-order chi connectivity index (χ0) is 17.5. The number of rotatable bonds is 5. The van der Waals surface area contributed by atoms with Gasteiger partial charge in [0.05, 0.1) is 5.69 Å². The molecular formula is C19H21N5O2. The summed E-state index contributed by atoms with van der Waals surface area (Å²) in [5.41, 5.74) is 0.939. The lowest BCUT2D eigenvalue weighted by molar-refractivity contribution is 0.171. The second kappa shape index (κ2) is 6.16. The molecule has 0 amide bonds. The number of hydrogen-bond donors (Lipinski definition) is 0. The van der Waals surface area contributed by atoms with Crippen LogP contribution in [0.1, 0.15) is 49.8 Å². The summed E-state index contributed by atoms with van der Waals surface area (Å²) < 4.78 is 15.3. The van der Waals surface area contributed by atoms with Crippen LogP contribution >= 0.6 is 0 Å². The quantitative estimate of drug-likeness (QED) is 0.706. The van der Waals surface area contributed by atoms with Crippen LogP contribution in [0, 0.1) is 0 Å². The van der Waals surface area contributed by atoms with Crippen LogP contribution in [0.5, 0.6) is 11.5 Å².